The molecule has 1 aliphatic rings. The van der Waals surface area contributed by atoms with Gasteiger partial charge in [-0.25, -0.2) is 0 Å². The first-order valence-electron chi connectivity index (χ1n) is 6.68. The molecule has 2 aromatic heterocycles. The summed E-state index contributed by atoms with van der Waals surface area (Å²) in [5.74, 6) is 1.78. The van der Waals surface area contributed by atoms with Crippen LogP contribution in [0.5, 0.6) is 0 Å². The Morgan fingerprint density at radius 1 is 1.50 bits per heavy atom. The average molecular weight is 357 g/mol. The highest BCUT2D eigenvalue weighted by molar-refractivity contribution is 9.11. The summed E-state index contributed by atoms with van der Waals surface area (Å²) in [5.41, 5.74) is 6.04. The van der Waals surface area contributed by atoms with Crippen molar-refractivity contribution in [1.82, 2.24) is 15.1 Å². The van der Waals surface area contributed by atoms with E-state index in [1.54, 1.807) is 11.3 Å². The Bertz CT molecular complexity index is 584. The predicted molar refractivity (Wildman–Crippen MR) is 82.3 cm³/mol. The van der Waals surface area contributed by atoms with E-state index in [9.17, 15) is 0 Å². The third-order valence-corrected chi connectivity index (χ3v) is 5.28. The molecule has 108 valence electrons. The lowest BCUT2D eigenvalue weighted by molar-refractivity contribution is 0.146. The van der Waals surface area contributed by atoms with Crippen LogP contribution < -0.4 is 5.73 Å². The summed E-state index contributed by atoms with van der Waals surface area (Å²) in [7, 11) is 0. The van der Waals surface area contributed by atoms with E-state index >= 15 is 0 Å². The number of halogens is 1. The molecule has 0 bridgehead atoms. The van der Waals surface area contributed by atoms with Crippen LogP contribution in [0.25, 0.3) is 10.8 Å². The predicted octanol–water partition coefficient (Wildman–Crippen LogP) is 2.73. The molecule has 1 fully saturated rings. The van der Waals surface area contributed by atoms with Gasteiger partial charge in [0.1, 0.15) is 0 Å². The average Bonchev–Trinajstić information content (AvgIpc) is 3.03. The highest BCUT2D eigenvalue weighted by atomic mass is 79.9. The fraction of sp³-hybridized carbons (Fsp3) is 0.538. The smallest absolute Gasteiger partial charge is 0.257 e. The number of rotatable bonds is 3. The largest absolute Gasteiger partial charge is 0.419 e. The van der Waals surface area contributed by atoms with Gasteiger partial charge >= 0.3 is 0 Å². The molecule has 0 amide bonds. The minimum Gasteiger partial charge on any atom is -0.419 e. The molecule has 2 unspecified atom stereocenters. The summed E-state index contributed by atoms with van der Waals surface area (Å²) >= 11 is 5.03. The van der Waals surface area contributed by atoms with Crippen LogP contribution in [0.4, 0.5) is 0 Å². The van der Waals surface area contributed by atoms with E-state index in [0.29, 0.717) is 30.3 Å². The Morgan fingerprint density at radius 3 is 3.05 bits per heavy atom. The maximum Gasteiger partial charge on any atom is 0.257 e. The molecule has 3 rings (SSSR count). The first-order chi connectivity index (χ1) is 9.61. The first kappa shape index (κ1) is 14.2. The molecular formula is C13H17BrN4OS. The zero-order valence-corrected chi connectivity index (χ0v) is 13.7. The number of piperidine rings is 1. The van der Waals surface area contributed by atoms with Gasteiger partial charge < -0.3 is 10.2 Å². The van der Waals surface area contributed by atoms with Crippen molar-refractivity contribution < 1.29 is 4.42 Å². The molecule has 2 N–H and O–H groups in total. The van der Waals surface area contributed by atoms with Crippen LogP contribution >= 0.6 is 27.3 Å². The SMILES string of the molecule is CC1CN(Cc2nnc(-c3ccc(Br)s3)o2)CCC1N. The van der Waals surface area contributed by atoms with Gasteiger partial charge in [-0.2, -0.15) is 0 Å². The van der Waals surface area contributed by atoms with Crippen LogP contribution in [0.2, 0.25) is 0 Å². The van der Waals surface area contributed by atoms with Crippen LogP contribution in [0.15, 0.2) is 20.3 Å². The molecular weight excluding hydrogens is 340 g/mol. The maximum atomic E-state index is 6.04. The summed E-state index contributed by atoms with van der Waals surface area (Å²) in [6, 6.07) is 4.28. The monoisotopic (exact) mass is 356 g/mol. The number of likely N-dealkylation sites (tertiary alicyclic amines) is 1. The van der Waals surface area contributed by atoms with Crippen molar-refractivity contribution in [2.24, 2.45) is 11.7 Å². The molecule has 0 aliphatic carbocycles. The lowest BCUT2D eigenvalue weighted by atomic mass is 9.95. The first-order valence-corrected chi connectivity index (χ1v) is 8.29. The number of nitrogens with zero attached hydrogens (tertiary/aromatic N) is 3. The third kappa shape index (κ3) is 3.11. The summed E-state index contributed by atoms with van der Waals surface area (Å²) in [6.45, 7) is 4.88. The van der Waals surface area contributed by atoms with E-state index in [1.807, 2.05) is 12.1 Å². The van der Waals surface area contributed by atoms with Crippen molar-refractivity contribution in [1.29, 1.82) is 0 Å². The molecule has 1 aliphatic heterocycles. The van der Waals surface area contributed by atoms with Gasteiger partial charge in [0.2, 0.25) is 5.89 Å². The number of thiophene rings is 1. The zero-order valence-electron chi connectivity index (χ0n) is 11.3. The lowest BCUT2D eigenvalue weighted by Crippen LogP contribution is -2.45. The van der Waals surface area contributed by atoms with Crippen molar-refractivity contribution in [2.75, 3.05) is 13.1 Å². The number of hydrogen-bond donors (Lipinski definition) is 1. The standard InChI is InChI=1S/C13H17BrN4OS/c1-8-6-18(5-4-9(8)15)7-12-16-17-13(19-12)10-2-3-11(14)20-10/h2-3,8-9H,4-7,15H2,1H3. The van der Waals surface area contributed by atoms with Gasteiger partial charge in [-0.1, -0.05) is 6.92 Å². The van der Waals surface area contributed by atoms with E-state index < -0.39 is 0 Å². The fourth-order valence-corrected chi connectivity index (χ4v) is 3.74. The van der Waals surface area contributed by atoms with Crippen LogP contribution in [0, 0.1) is 5.92 Å². The molecule has 5 nitrogen and oxygen atoms in total. The normalized spacial score (nSPS) is 24.1. The van der Waals surface area contributed by atoms with Gasteiger partial charge in [0, 0.05) is 19.1 Å². The van der Waals surface area contributed by atoms with Crippen molar-refractivity contribution >= 4 is 27.3 Å². The molecule has 3 heterocycles. The highest BCUT2D eigenvalue weighted by Crippen LogP contribution is 2.30. The van der Waals surface area contributed by atoms with Crippen LogP contribution in [0.1, 0.15) is 19.2 Å². The van der Waals surface area contributed by atoms with Crippen molar-refractivity contribution in [2.45, 2.75) is 25.9 Å². The minimum atomic E-state index is 0.313. The summed E-state index contributed by atoms with van der Waals surface area (Å²) in [5, 5.41) is 8.26. The van der Waals surface area contributed by atoms with Crippen LogP contribution in [-0.2, 0) is 6.54 Å². The second-order valence-electron chi connectivity index (χ2n) is 5.27. The number of aromatic nitrogens is 2. The minimum absolute atomic E-state index is 0.313. The molecule has 2 atom stereocenters. The van der Waals surface area contributed by atoms with Crippen molar-refractivity contribution in [3.63, 3.8) is 0 Å². The van der Waals surface area contributed by atoms with E-state index in [2.05, 4.69) is 38.0 Å². The molecule has 0 radical (unpaired) electrons. The summed E-state index contributed by atoms with van der Waals surface area (Å²) in [6.07, 6.45) is 1.03. The topological polar surface area (TPSA) is 68.2 Å². The Hall–Kier alpha value is -0.760. The molecule has 0 saturated carbocycles. The Morgan fingerprint density at radius 2 is 2.35 bits per heavy atom. The Kier molecular flexibility index (Phi) is 4.21. The Labute approximate surface area is 130 Å². The van der Waals surface area contributed by atoms with Crippen molar-refractivity contribution in [3.8, 4) is 10.8 Å². The van der Waals surface area contributed by atoms with Gasteiger partial charge in [0.05, 0.1) is 15.2 Å². The fourth-order valence-electron chi connectivity index (χ4n) is 2.43. The van der Waals surface area contributed by atoms with Gasteiger partial charge in [0.15, 0.2) is 0 Å². The zero-order chi connectivity index (χ0) is 14.1. The van der Waals surface area contributed by atoms with E-state index in [-0.39, 0.29) is 0 Å². The summed E-state index contributed by atoms with van der Waals surface area (Å²) in [4.78, 5) is 3.32. The van der Waals surface area contributed by atoms with Gasteiger partial charge in [0.25, 0.3) is 5.89 Å². The Balaban J connectivity index is 1.66. The molecule has 0 spiro atoms. The number of hydrogen-bond acceptors (Lipinski definition) is 6. The van der Waals surface area contributed by atoms with Crippen molar-refractivity contribution in [3.05, 3.63) is 21.8 Å². The van der Waals surface area contributed by atoms with E-state index in [0.717, 1.165) is 28.2 Å². The van der Waals surface area contributed by atoms with E-state index in [4.69, 9.17) is 10.2 Å². The highest BCUT2D eigenvalue weighted by Gasteiger charge is 2.24. The van der Waals surface area contributed by atoms with Gasteiger partial charge in [-0.05, 0) is 40.4 Å². The third-order valence-electron chi connectivity index (χ3n) is 3.67. The lowest BCUT2D eigenvalue weighted by Gasteiger charge is -2.34. The van der Waals surface area contributed by atoms with Crippen LogP contribution in [0.3, 0.4) is 0 Å². The van der Waals surface area contributed by atoms with Gasteiger partial charge in [-0.15, -0.1) is 21.5 Å². The second kappa shape index (κ2) is 5.93. The molecule has 2 aromatic rings. The summed E-state index contributed by atoms with van der Waals surface area (Å²) < 4.78 is 6.80. The molecule has 1 saturated heterocycles. The molecule has 20 heavy (non-hydrogen) atoms. The maximum absolute atomic E-state index is 6.04. The van der Waals surface area contributed by atoms with Crippen LogP contribution in [-0.4, -0.2) is 34.2 Å². The second-order valence-corrected chi connectivity index (χ2v) is 7.73. The van der Waals surface area contributed by atoms with Gasteiger partial charge in [-0.3, -0.25) is 4.90 Å². The molecule has 7 heteroatoms. The number of nitrogens with two attached hydrogens (primary N) is 1. The van der Waals surface area contributed by atoms with E-state index in [1.165, 1.54) is 0 Å². The molecule has 0 aromatic carbocycles. The quantitative estimate of drug-likeness (QED) is 0.915.